The number of ether oxygens (including phenoxy) is 1. The van der Waals surface area contributed by atoms with Crippen LogP contribution in [0.25, 0.3) is 10.6 Å². The summed E-state index contributed by atoms with van der Waals surface area (Å²) in [5.74, 6) is 0.357. The Labute approximate surface area is 183 Å². The van der Waals surface area contributed by atoms with Gasteiger partial charge in [-0.15, -0.1) is 11.3 Å². The van der Waals surface area contributed by atoms with E-state index >= 15 is 0 Å². The average molecular weight is 467 g/mol. The second-order valence-electron chi connectivity index (χ2n) is 6.87. The number of carbonyl (C=O) groups excluding carboxylic acids is 1. The van der Waals surface area contributed by atoms with Crippen LogP contribution in [0.5, 0.6) is 5.75 Å². The van der Waals surface area contributed by atoms with Gasteiger partial charge in [-0.3, -0.25) is 4.79 Å². The van der Waals surface area contributed by atoms with Gasteiger partial charge in [-0.05, 0) is 39.0 Å². The number of amides is 1. The van der Waals surface area contributed by atoms with E-state index in [1.165, 1.54) is 35.7 Å². The van der Waals surface area contributed by atoms with Crippen LogP contribution in [0.1, 0.15) is 26.5 Å². The molecule has 30 heavy (non-hydrogen) atoms. The van der Waals surface area contributed by atoms with Crippen molar-refractivity contribution in [2.75, 3.05) is 16.9 Å². The number of thiazole rings is 2. The number of hydrogen-bond donors (Lipinski definition) is 2. The van der Waals surface area contributed by atoms with Gasteiger partial charge in [0.1, 0.15) is 5.75 Å². The molecule has 0 fully saturated rings. The van der Waals surface area contributed by atoms with Crippen molar-refractivity contribution in [3.63, 3.8) is 0 Å². The molecule has 1 aromatic carbocycles. The van der Waals surface area contributed by atoms with Gasteiger partial charge in [-0.1, -0.05) is 11.3 Å². The van der Waals surface area contributed by atoms with E-state index in [1.54, 1.807) is 12.1 Å². The van der Waals surface area contributed by atoms with Crippen LogP contribution >= 0.6 is 22.7 Å². The number of nitrogens with zero attached hydrogens (tertiary/aromatic N) is 2. The summed E-state index contributed by atoms with van der Waals surface area (Å²) in [4.78, 5) is 21.3. The van der Waals surface area contributed by atoms with Crippen LogP contribution in [0.2, 0.25) is 0 Å². The number of nitrogens with one attached hydrogen (secondary N) is 2. The lowest BCUT2D eigenvalue weighted by molar-refractivity contribution is -0.114. The van der Waals surface area contributed by atoms with Gasteiger partial charge in [0.05, 0.1) is 33.0 Å². The Hall–Kier alpha value is -2.50. The van der Waals surface area contributed by atoms with E-state index in [-0.39, 0.29) is 16.9 Å². The third-order valence-electron chi connectivity index (χ3n) is 3.80. The SMILES string of the molecule is CC(=O)Nc1nc(C)c(-c2csc(Nc3cc(S(C)(=O)=O)ccc3OC(C)C)n2)s1. The number of rotatable bonds is 7. The van der Waals surface area contributed by atoms with Crippen molar-refractivity contribution in [2.24, 2.45) is 0 Å². The van der Waals surface area contributed by atoms with Crippen LogP contribution in [-0.2, 0) is 14.6 Å². The molecule has 0 saturated carbocycles. The first-order valence-corrected chi connectivity index (χ1v) is 12.6. The van der Waals surface area contributed by atoms with Gasteiger partial charge in [0.25, 0.3) is 0 Å². The molecular weight excluding hydrogens is 444 g/mol. The summed E-state index contributed by atoms with van der Waals surface area (Å²) in [6, 6.07) is 4.71. The van der Waals surface area contributed by atoms with Crippen molar-refractivity contribution in [3.8, 4) is 16.3 Å². The highest BCUT2D eigenvalue weighted by Gasteiger charge is 2.17. The van der Waals surface area contributed by atoms with Crippen LogP contribution in [0.4, 0.5) is 16.0 Å². The highest BCUT2D eigenvalue weighted by Crippen LogP contribution is 2.37. The fourth-order valence-corrected chi connectivity index (χ4v) is 4.99. The van der Waals surface area contributed by atoms with Crippen LogP contribution < -0.4 is 15.4 Å². The summed E-state index contributed by atoms with van der Waals surface area (Å²) in [6.07, 6.45) is 1.09. The maximum Gasteiger partial charge on any atom is 0.223 e. The maximum absolute atomic E-state index is 12.0. The summed E-state index contributed by atoms with van der Waals surface area (Å²) in [7, 11) is -3.37. The normalized spacial score (nSPS) is 11.5. The first kappa shape index (κ1) is 22.2. The molecule has 3 aromatic rings. The molecule has 0 saturated heterocycles. The van der Waals surface area contributed by atoms with E-state index in [4.69, 9.17) is 4.74 Å². The molecule has 0 atom stereocenters. The van der Waals surface area contributed by atoms with E-state index in [0.29, 0.717) is 21.7 Å². The lowest BCUT2D eigenvalue weighted by atomic mass is 10.3. The molecule has 11 heteroatoms. The van der Waals surface area contributed by atoms with Crippen LogP contribution in [0.15, 0.2) is 28.5 Å². The highest BCUT2D eigenvalue weighted by molar-refractivity contribution is 7.90. The molecule has 8 nitrogen and oxygen atoms in total. The Balaban J connectivity index is 1.92. The monoisotopic (exact) mass is 466 g/mol. The van der Waals surface area contributed by atoms with Gasteiger partial charge in [0.2, 0.25) is 5.91 Å². The Bertz CT molecular complexity index is 1180. The molecule has 0 radical (unpaired) electrons. The minimum absolute atomic E-state index is 0.0754. The molecule has 2 N–H and O–H groups in total. The molecule has 2 aromatic heterocycles. The summed E-state index contributed by atoms with van der Waals surface area (Å²) >= 11 is 2.72. The first-order valence-electron chi connectivity index (χ1n) is 9.01. The fourth-order valence-electron chi connectivity index (χ4n) is 2.58. The Morgan fingerprint density at radius 2 is 1.93 bits per heavy atom. The molecule has 1 amide bonds. The topological polar surface area (TPSA) is 110 Å². The predicted molar refractivity (Wildman–Crippen MR) is 121 cm³/mol. The van der Waals surface area contributed by atoms with Gasteiger partial charge >= 0.3 is 0 Å². The quantitative estimate of drug-likeness (QED) is 0.529. The lowest BCUT2D eigenvalue weighted by Crippen LogP contribution is -2.08. The number of aryl methyl sites for hydroxylation is 1. The van der Waals surface area contributed by atoms with E-state index < -0.39 is 9.84 Å². The highest BCUT2D eigenvalue weighted by atomic mass is 32.2. The third kappa shape index (κ3) is 5.35. The molecule has 0 aliphatic heterocycles. The molecular formula is C19H22N4O4S3. The Morgan fingerprint density at radius 3 is 2.57 bits per heavy atom. The number of anilines is 3. The van der Waals surface area contributed by atoms with Gasteiger partial charge in [-0.25, -0.2) is 18.4 Å². The maximum atomic E-state index is 12.0. The molecule has 0 spiro atoms. The van der Waals surface area contributed by atoms with Crippen LogP contribution in [0.3, 0.4) is 0 Å². The number of sulfone groups is 1. The van der Waals surface area contributed by atoms with Crippen molar-refractivity contribution >= 4 is 54.4 Å². The zero-order valence-corrected chi connectivity index (χ0v) is 19.6. The minimum Gasteiger partial charge on any atom is -0.489 e. The van der Waals surface area contributed by atoms with Crippen molar-refractivity contribution in [3.05, 3.63) is 29.3 Å². The van der Waals surface area contributed by atoms with E-state index in [1.807, 2.05) is 26.2 Å². The van der Waals surface area contributed by atoms with Crippen molar-refractivity contribution in [1.29, 1.82) is 0 Å². The summed E-state index contributed by atoms with van der Waals surface area (Å²) in [5.41, 5.74) is 2.01. The zero-order chi connectivity index (χ0) is 22.1. The van der Waals surface area contributed by atoms with Crippen LogP contribution in [-0.4, -0.2) is 36.7 Å². The Kier molecular flexibility index (Phi) is 6.44. The van der Waals surface area contributed by atoms with Crippen molar-refractivity contribution < 1.29 is 17.9 Å². The molecule has 0 bridgehead atoms. The largest absolute Gasteiger partial charge is 0.489 e. The molecule has 0 aliphatic carbocycles. The minimum atomic E-state index is -3.37. The van der Waals surface area contributed by atoms with E-state index in [0.717, 1.165) is 22.5 Å². The smallest absolute Gasteiger partial charge is 0.223 e. The van der Waals surface area contributed by atoms with Crippen molar-refractivity contribution in [2.45, 2.75) is 38.7 Å². The van der Waals surface area contributed by atoms with Crippen LogP contribution in [0, 0.1) is 6.92 Å². The van der Waals surface area contributed by atoms with E-state index in [2.05, 4.69) is 20.6 Å². The molecule has 160 valence electrons. The molecule has 0 aliphatic rings. The average Bonchev–Trinajstić information content (AvgIpc) is 3.20. The third-order valence-corrected chi connectivity index (χ3v) is 6.76. The number of benzene rings is 1. The van der Waals surface area contributed by atoms with Gasteiger partial charge < -0.3 is 15.4 Å². The standard InChI is InChI=1S/C19H22N4O4S3/c1-10(2)27-16-7-6-13(30(5,25)26)8-14(16)22-18-23-15(9-28-18)17-11(3)20-19(29-17)21-12(4)24/h6-10H,1-5H3,(H,22,23)(H,20,21,24). The second kappa shape index (κ2) is 8.70. The number of hydrogen-bond acceptors (Lipinski definition) is 9. The summed E-state index contributed by atoms with van der Waals surface area (Å²) < 4.78 is 29.7. The number of carbonyl (C=O) groups is 1. The first-order chi connectivity index (χ1) is 14.0. The fraction of sp³-hybridized carbons (Fsp3) is 0.316. The summed E-state index contributed by atoms with van der Waals surface area (Å²) in [6.45, 7) is 7.08. The number of aromatic nitrogens is 2. The summed E-state index contributed by atoms with van der Waals surface area (Å²) in [5, 5.41) is 8.83. The van der Waals surface area contributed by atoms with Gasteiger partial charge in [-0.2, -0.15) is 0 Å². The zero-order valence-electron chi connectivity index (χ0n) is 17.1. The van der Waals surface area contributed by atoms with Crippen molar-refractivity contribution in [1.82, 2.24) is 9.97 Å². The Morgan fingerprint density at radius 1 is 1.20 bits per heavy atom. The molecule has 3 rings (SSSR count). The van der Waals surface area contributed by atoms with Gasteiger partial charge in [0.15, 0.2) is 20.1 Å². The molecule has 0 unspecified atom stereocenters. The second-order valence-corrected chi connectivity index (χ2v) is 10.7. The van der Waals surface area contributed by atoms with Gasteiger partial charge in [0, 0.05) is 18.6 Å². The lowest BCUT2D eigenvalue weighted by Gasteiger charge is -2.15. The predicted octanol–water partition coefficient (Wildman–Crippen LogP) is 4.47. The van der Waals surface area contributed by atoms with E-state index in [9.17, 15) is 13.2 Å². The molecule has 2 heterocycles.